The normalized spacial score (nSPS) is 11.7. The molecule has 2 rings (SSSR count). The maximum absolute atomic E-state index is 12.1. The molecule has 0 heterocycles. The number of anilines is 1. The van der Waals surface area contributed by atoms with Gasteiger partial charge in [-0.15, -0.1) is 0 Å². The molecular weight excluding hydrogens is 332 g/mol. The van der Waals surface area contributed by atoms with Gasteiger partial charge in [-0.05, 0) is 50.2 Å². The summed E-state index contributed by atoms with van der Waals surface area (Å²) < 4.78 is 33.9. The maximum Gasteiger partial charge on any atom is 0.387 e. The minimum Gasteiger partial charge on any atom is -0.481 e. The standard InChI is InChI=1S/C18H17F2NO4/c1-11(22)13-4-3-5-16(10-13)24-12(2)17(23)21-14-6-8-15(9-7-14)25-18(19)20/h3-10,12,18H,1-2H3,(H,21,23). The van der Waals surface area contributed by atoms with Crippen LogP contribution in [0, 0.1) is 0 Å². The van der Waals surface area contributed by atoms with Crippen LogP contribution < -0.4 is 14.8 Å². The number of halogens is 2. The molecule has 1 unspecified atom stereocenters. The number of nitrogens with one attached hydrogen (secondary N) is 1. The molecule has 0 saturated carbocycles. The van der Waals surface area contributed by atoms with Crippen molar-refractivity contribution in [3.05, 3.63) is 54.1 Å². The van der Waals surface area contributed by atoms with Crippen LogP contribution in [-0.2, 0) is 4.79 Å². The van der Waals surface area contributed by atoms with Gasteiger partial charge in [-0.1, -0.05) is 12.1 Å². The molecule has 0 fully saturated rings. The molecule has 1 N–H and O–H groups in total. The summed E-state index contributed by atoms with van der Waals surface area (Å²) in [4.78, 5) is 23.5. The Morgan fingerprint density at radius 1 is 1.00 bits per heavy atom. The van der Waals surface area contributed by atoms with Crippen LogP contribution in [0.15, 0.2) is 48.5 Å². The van der Waals surface area contributed by atoms with Crippen LogP contribution >= 0.6 is 0 Å². The van der Waals surface area contributed by atoms with E-state index in [9.17, 15) is 18.4 Å². The van der Waals surface area contributed by atoms with Gasteiger partial charge >= 0.3 is 6.61 Å². The van der Waals surface area contributed by atoms with Gasteiger partial charge in [-0.3, -0.25) is 9.59 Å². The topological polar surface area (TPSA) is 64.6 Å². The van der Waals surface area contributed by atoms with Crippen molar-refractivity contribution in [1.29, 1.82) is 0 Å². The fourth-order valence-corrected chi connectivity index (χ4v) is 2.01. The number of benzene rings is 2. The zero-order chi connectivity index (χ0) is 18.4. The van der Waals surface area contributed by atoms with Crippen molar-refractivity contribution in [1.82, 2.24) is 0 Å². The average Bonchev–Trinajstić information content (AvgIpc) is 2.56. The smallest absolute Gasteiger partial charge is 0.387 e. The van der Waals surface area contributed by atoms with Crippen LogP contribution in [0.5, 0.6) is 11.5 Å². The number of hydrogen-bond donors (Lipinski definition) is 1. The van der Waals surface area contributed by atoms with Crippen LogP contribution in [0.1, 0.15) is 24.2 Å². The fourth-order valence-electron chi connectivity index (χ4n) is 2.01. The largest absolute Gasteiger partial charge is 0.481 e. The van der Waals surface area contributed by atoms with E-state index in [4.69, 9.17) is 4.74 Å². The number of carbonyl (C=O) groups excluding carboxylic acids is 2. The number of rotatable bonds is 7. The summed E-state index contributed by atoms with van der Waals surface area (Å²) in [6.45, 7) is 0.0976. The molecule has 1 atom stereocenters. The van der Waals surface area contributed by atoms with Gasteiger partial charge in [-0.2, -0.15) is 8.78 Å². The van der Waals surface area contributed by atoms with Gasteiger partial charge in [0.25, 0.3) is 5.91 Å². The van der Waals surface area contributed by atoms with Crippen molar-refractivity contribution in [3.63, 3.8) is 0 Å². The van der Waals surface area contributed by atoms with Crippen LogP contribution in [0.25, 0.3) is 0 Å². The summed E-state index contributed by atoms with van der Waals surface area (Å²) in [5.74, 6) is -0.126. The number of ether oxygens (including phenoxy) is 2. The van der Waals surface area contributed by atoms with E-state index in [1.54, 1.807) is 31.2 Å². The number of hydrogen-bond acceptors (Lipinski definition) is 4. The Morgan fingerprint density at radius 2 is 1.68 bits per heavy atom. The molecule has 25 heavy (non-hydrogen) atoms. The molecule has 0 aromatic heterocycles. The Morgan fingerprint density at radius 3 is 2.28 bits per heavy atom. The van der Waals surface area contributed by atoms with Crippen molar-refractivity contribution < 1.29 is 27.8 Å². The van der Waals surface area contributed by atoms with Gasteiger partial charge in [0.1, 0.15) is 11.5 Å². The van der Waals surface area contributed by atoms with Crippen molar-refractivity contribution >= 4 is 17.4 Å². The van der Waals surface area contributed by atoms with Gasteiger partial charge in [0.15, 0.2) is 11.9 Å². The van der Waals surface area contributed by atoms with Crippen LogP contribution in [0.4, 0.5) is 14.5 Å². The third kappa shape index (κ3) is 5.56. The molecule has 2 aromatic rings. The first-order chi connectivity index (χ1) is 11.8. The zero-order valence-corrected chi connectivity index (χ0v) is 13.7. The van der Waals surface area contributed by atoms with Gasteiger partial charge in [0.2, 0.25) is 0 Å². The van der Waals surface area contributed by atoms with Gasteiger partial charge in [0, 0.05) is 11.3 Å². The third-order valence-corrected chi connectivity index (χ3v) is 3.27. The number of amides is 1. The van der Waals surface area contributed by atoms with Gasteiger partial charge in [0.05, 0.1) is 0 Å². The van der Waals surface area contributed by atoms with Gasteiger partial charge < -0.3 is 14.8 Å². The predicted octanol–water partition coefficient (Wildman–Crippen LogP) is 3.90. The van der Waals surface area contributed by atoms with Crippen molar-refractivity contribution in [2.45, 2.75) is 26.6 Å². The van der Waals surface area contributed by atoms with Gasteiger partial charge in [-0.25, -0.2) is 0 Å². The highest BCUT2D eigenvalue weighted by molar-refractivity contribution is 5.95. The van der Waals surface area contributed by atoms with Crippen molar-refractivity contribution in [2.75, 3.05) is 5.32 Å². The summed E-state index contributed by atoms with van der Waals surface area (Å²) in [6, 6.07) is 12.1. The van der Waals surface area contributed by atoms with Crippen LogP contribution in [0.2, 0.25) is 0 Å². The third-order valence-electron chi connectivity index (χ3n) is 3.27. The van der Waals surface area contributed by atoms with E-state index >= 15 is 0 Å². The van der Waals surface area contributed by atoms with Crippen LogP contribution in [-0.4, -0.2) is 24.4 Å². The molecule has 132 valence electrons. The molecule has 0 aliphatic carbocycles. The maximum atomic E-state index is 12.1. The molecule has 0 radical (unpaired) electrons. The van der Waals surface area contributed by atoms with E-state index in [2.05, 4.69) is 10.1 Å². The molecule has 0 aliphatic heterocycles. The van der Waals surface area contributed by atoms with E-state index in [0.29, 0.717) is 17.0 Å². The Hall–Kier alpha value is -2.96. The first-order valence-corrected chi connectivity index (χ1v) is 7.48. The number of carbonyl (C=O) groups is 2. The lowest BCUT2D eigenvalue weighted by Crippen LogP contribution is -2.30. The Bertz CT molecular complexity index is 747. The molecule has 0 bridgehead atoms. The second kappa shape index (κ2) is 8.23. The van der Waals surface area contributed by atoms with Crippen molar-refractivity contribution in [2.24, 2.45) is 0 Å². The van der Waals surface area contributed by atoms with Crippen molar-refractivity contribution in [3.8, 4) is 11.5 Å². The lowest BCUT2D eigenvalue weighted by atomic mass is 10.1. The molecular formula is C18H17F2NO4. The lowest BCUT2D eigenvalue weighted by molar-refractivity contribution is -0.122. The Labute approximate surface area is 143 Å². The summed E-state index contributed by atoms with van der Waals surface area (Å²) in [5.41, 5.74) is 0.902. The number of Topliss-reactive ketones (excluding diaryl/α,β-unsaturated/α-hetero) is 1. The molecule has 1 amide bonds. The number of ketones is 1. The minimum atomic E-state index is -2.90. The first kappa shape index (κ1) is 18.4. The summed E-state index contributed by atoms with van der Waals surface area (Å²) >= 11 is 0. The second-order valence-corrected chi connectivity index (χ2v) is 5.24. The second-order valence-electron chi connectivity index (χ2n) is 5.24. The minimum absolute atomic E-state index is 0.00153. The Balaban J connectivity index is 1.96. The highest BCUT2D eigenvalue weighted by Gasteiger charge is 2.15. The van der Waals surface area contributed by atoms with Crippen LogP contribution in [0.3, 0.4) is 0 Å². The Kier molecular flexibility index (Phi) is 6.05. The lowest BCUT2D eigenvalue weighted by Gasteiger charge is -2.15. The zero-order valence-electron chi connectivity index (χ0n) is 13.7. The molecule has 2 aromatic carbocycles. The number of alkyl halides is 2. The fraction of sp³-hybridized carbons (Fsp3) is 0.222. The first-order valence-electron chi connectivity index (χ1n) is 7.48. The average molecular weight is 349 g/mol. The summed E-state index contributed by atoms with van der Waals surface area (Å²) in [5, 5.41) is 2.61. The van der Waals surface area contributed by atoms with E-state index in [-0.39, 0.29) is 11.5 Å². The highest BCUT2D eigenvalue weighted by Crippen LogP contribution is 2.19. The monoisotopic (exact) mass is 349 g/mol. The summed E-state index contributed by atoms with van der Waals surface area (Å²) in [6.07, 6.45) is -0.820. The molecule has 0 aliphatic rings. The van der Waals surface area contributed by atoms with E-state index in [0.717, 1.165) is 0 Å². The molecule has 0 saturated heterocycles. The van der Waals surface area contributed by atoms with E-state index in [1.807, 2.05) is 0 Å². The molecule has 0 spiro atoms. The van der Waals surface area contributed by atoms with E-state index < -0.39 is 18.6 Å². The van der Waals surface area contributed by atoms with E-state index in [1.165, 1.54) is 31.2 Å². The summed E-state index contributed by atoms with van der Waals surface area (Å²) in [7, 11) is 0. The SMILES string of the molecule is CC(=O)c1cccc(OC(C)C(=O)Nc2ccc(OC(F)F)cc2)c1. The quantitative estimate of drug-likeness (QED) is 0.770. The predicted molar refractivity (Wildman–Crippen MR) is 88.2 cm³/mol. The highest BCUT2D eigenvalue weighted by atomic mass is 19.3. The molecule has 7 heteroatoms. The molecule has 5 nitrogen and oxygen atoms in total.